The predicted octanol–water partition coefficient (Wildman–Crippen LogP) is 0.167. The Morgan fingerprint density at radius 2 is 1.69 bits per heavy atom. The number of hydrogen-bond donors (Lipinski definition) is 3. The van der Waals surface area contributed by atoms with E-state index in [-0.39, 0.29) is 0 Å². The number of benzene rings is 1. The van der Waals surface area contributed by atoms with Gasteiger partial charge in [0.1, 0.15) is 5.60 Å². The molecule has 0 aliphatic rings. The van der Waals surface area contributed by atoms with E-state index in [4.69, 9.17) is 10.2 Å². The fraction of sp³-hybridized carbons (Fsp3) is 0.400. The minimum Gasteiger partial charge on any atom is -0.393 e. The third kappa shape index (κ3) is 1.88. The number of hydrogen-bond acceptors (Lipinski definition) is 3. The summed E-state index contributed by atoms with van der Waals surface area (Å²) in [5.41, 5.74) is -0.0983. The van der Waals surface area contributed by atoms with Crippen LogP contribution in [0.2, 0.25) is 0 Å². The zero-order chi connectivity index (χ0) is 9.90. The van der Waals surface area contributed by atoms with Gasteiger partial charge in [0, 0.05) is 0 Å². The second-order valence-corrected chi connectivity index (χ2v) is 3.16. The molecule has 0 heterocycles. The number of rotatable bonds is 3. The first-order valence-corrected chi connectivity index (χ1v) is 4.14. The van der Waals surface area contributed by atoms with Crippen molar-refractivity contribution in [1.82, 2.24) is 0 Å². The van der Waals surface area contributed by atoms with Crippen LogP contribution in [0.15, 0.2) is 24.3 Å². The van der Waals surface area contributed by atoms with Gasteiger partial charge in [0.15, 0.2) is 0 Å². The van der Waals surface area contributed by atoms with Gasteiger partial charge in [-0.25, -0.2) is 0 Å². The zero-order valence-electron chi connectivity index (χ0n) is 7.57. The molecule has 0 aromatic heterocycles. The van der Waals surface area contributed by atoms with Crippen LogP contribution in [0.4, 0.5) is 0 Å². The fourth-order valence-corrected chi connectivity index (χ4v) is 1.32. The molecular formula is C10H14O3. The smallest absolute Gasteiger partial charge is 0.136 e. The third-order valence-corrected chi connectivity index (χ3v) is 2.17. The summed E-state index contributed by atoms with van der Waals surface area (Å²) < 4.78 is 0. The average Bonchev–Trinajstić information content (AvgIpc) is 2.17. The molecule has 0 spiro atoms. The fourth-order valence-electron chi connectivity index (χ4n) is 1.32. The van der Waals surface area contributed by atoms with Gasteiger partial charge in [0.05, 0.1) is 13.2 Å². The van der Waals surface area contributed by atoms with E-state index in [1.165, 1.54) is 0 Å². The maximum absolute atomic E-state index is 9.78. The van der Waals surface area contributed by atoms with Crippen molar-refractivity contribution in [2.45, 2.75) is 12.5 Å². The Bertz CT molecular complexity index is 279. The van der Waals surface area contributed by atoms with Crippen molar-refractivity contribution in [3.63, 3.8) is 0 Å². The quantitative estimate of drug-likeness (QED) is 0.624. The van der Waals surface area contributed by atoms with Gasteiger partial charge >= 0.3 is 0 Å². The molecule has 0 unspecified atom stereocenters. The molecule has 13 heavy (non-hydrogen) atoms. The van der Waals surface area contributed by atoms with Crippen molar-refractivity contribution in [3.8, 4) is 0 Å². The molecule has 1 aromatic carbocycles. The first kappa shape index (κ1) is 10.2. The average molecular weight is 182 g/mol. The van der Waals surface area contributed by atoms with Gasteiger partial charge in [-0.15, -0.1) is 0 Å². The van der Waals surface area contributed by atoms with Crippen LogP contribution in [-0.4, -0.2) is 28.5 Å². The van der Waals surface area contributed by atoms with E-state index in [1.54, 1.807) is 12.1 Å². The lowest BCUT2D eigenvalue weighted by molar-refractivity contribution is -0.0602. The van der Waals surface area contributed by atoms with Crippen LogP contribution in [-0.2, 0) is 5.60 Å². The van der Waals surface area contributed by atoms with E-state index < -0.39 is 18.8 Å². The molecule has 3 nitrogen and oxygen atoms in total. The van der Waals surface area contributed by atoms with E-state index in [1.807, 2.05) is 19.1 Å². The van der Waals surface area contributed by atoms with E-state index >= 15 is 0 Å². The van der Waals surface area contributed by atoms with Crippen molar-refractivity contribution in [2.24, 2.45) is 0 Å². The van der Waals surface area contributed by atoms with Crippen LogP contribution >= 0.6 is 0 Å². The summed E-state index contributed by atoms with van der Waals surface area (Å²) in [6.07, 6.45) is 0. The van der Waals surface area contributed by atoms with E-state index in [2.05, 4.69) is 0 Å². The van der Waals surface area contributed by atoms with Gasteiger partial charge in [-0.1, -0.05) is 24.3 Å². The summed E-state index contributed by atoms with van der Waals surface area (Å²) >= 11 is 0. The Hall–Kier alpha value is -0.900. The Morgan fingerprint density at radius 1 is 1.15 bits per heavy atom. The van der Waals surface area contributed by atoms with Gasteiger partial charge in [-0.2, -0.15) is 0 Å². The van der Waals surface area contributed by atoms with Crippen LogP contribution < -0.4 is 0 Å². The molecule has 0 bridgehead atoms. The highest BCUT2D eigenvalue weighted by Gasteiger charge is 2.28. The molecule has 0 saturated heterocycles. The van der Waals surface area contributed by atoms with Crippen molar-refractivity contribution in [1.29, 1.82) is 0 Å². The van der Waals surface area contributed by atoms with Crippen LogP contribution in [0.1, 0.15) is 11.1 Å². The summed E-state index contributed by atoms with van der Waals surface area (Å²) in [5, 5.41) is 27.7. The molecule has 0 saturated carbocycles. The molecule has 0 radical (unpaired) electrons. The molecule has 3 heteroatoms. The van der Waals surface area contributed by atoms with Crippen molar-refractivity contribution < 1.29 is 15.3 Å². The van der Waals surface area contributed by atoms with E-state index in [0.717, 1.165) is 5.56 Å². The Morgan fingerprint density at radius 3 is 2.15 bits per heavy atom. The molecule has 0 aliphatic heterocycles. The molecule has 0 fully saturated rings. The lowest BCUT2D eigenvalue weighted by Crippen LogP contribution is -2.35. The molecule has 72 valence electrons. The van der Waals surface area contributed by atoms with Crippen molar-refractivity contribution >= 4 is 0 Å². The van der Waals surface area contributed by atoms with E-state index in [9.17, 15) is 5.11 Å². The Balaban J connectivity index is 3.12. The van der Waals surface area contributed by atoms with Crippen LogP contribution in [0.3, 0.4) is 0 Å². The molecule has 1 rings (SSSR count). The maximum Gasteiger partial charge on any atom is 0.136 e. The molecule has 3 N–H and O–H groups in total. The summed E-state index contributed by atoms with van der Waals surface area (Å²) in [7, 11) is 0. The monoisotopic (exact) mass is 182 g/mol. The normalized spacial score (nSPS) is 11.7. The number of aryl methyl sites for hydroxylation is 1. The molecule has 1 aromatic rings. The summed E-state index contributed by atoms with van der Waals surface area (Å²) in [6, 6.07) is 7.13. The zero-order valence-corrected chi connectivity index (χ0v) is 7.57. The minimum atomic E-state index is -1.52. The summed E-state index contributed by atoms with van der Waals surface area (Å²) in [4.78, 5) is 0. The lowest BCUT2D eigenvalue weighted by atomic mass is 9.92. The highest BCUT2D eigenvalue weighted by molar-refractivity contribution is 5.31. The van der Waals surface area contributed by atoms with Crippen LogP contribution in [0.25, 0.3) is 0 Å². The molecule has 0 atom stereocenters. The highest BCUT2D eigenvalue weighted by Crippen LogP contribution is 2.22. The number of aliphatic hydroxyl groups is 3. The predicted molar refractivity (Wildman–Crippen MR) is 49.2 cm³/mol. The van der Waals surface area contributed by atoms with Gasteiger partial charge in [0.25, 0.3) is 0 Å². The van der Waals surface area contributed by atoms with E-state index in [0.29, 0.717) is 5.56 Å². The molecule has 0 amide bonds. The topological polar surface area (TPSA) is 60.7 Å². The first-order valence-electron chi connectivity index (χ1n) is 4.14. The lowest BCUT2D eigenvalue weighted by Gasteiger charge is -2.25. The van der Waals surface area contributed by atoms with Gasteiger partial charge in [-0.05, 0) is 18.1 Å². The molecule has 0 aliphatic carbocycles. The Labute approximate surface area is 77.3 Å². The minimum absolute atomic E-state index is 0.478. The van der Waals surface area contributed by atoms with Gasteiger partial charge in [0.2, 0.25) is 0 Å². The van der Waals surface area contributed by atoms with Crippen LogP contribution in [0.5, 0.6) is 0 Å². The highest BCUT2D eigenvalue weighted by atomic mass is 16.4. The first-order chi connectivity index (χ1) is 6.14. The second-order valence-electron chi connectivity index (χ2n) is 3.16. The Kier molecular flexibility index (Phi) is 3.03. The largest absolute Gasteiger partial charge is 0.393 e. The molecular weight excluding hydrogens is 168 g/mol. The van der Waals surface area contributed by atoms with Crippen molar-refractivity contribution in [2.75, 3.05) is 13.2 Å². The summed E-state index contributed by atoms with van der Waals surface area (Å²) in [6.45, 7) is 0.869. The van der Waals surface area contributed by atoms with Gasteiger partial charge in [-0.3, -0.25) is 0 Å². The van der Waals surface area contributed by atoms with Crippen LogP contribution in [0, 0.1) is 6.92 Å². The SMILES string of the molecule is Cc1ccccc1C(O)(CO)CO. The number of aliphatic hydroxyl groups excluding tert-OH is 2. The summed E-state index contributed by atoms with van der Waals surface area (Å²) in [5.74, 6) is 0. The maximum atomic E-state index is 9.78. The standard InChI is InChI=1S/C10H14O3/c1-8-4-2-3-5-9(8)10(13,6-11)7-12/h2-5,11-13H,6-7H2,1H3. The van der Waals surface area contributed by atoms with Crippen molar-refractivity contribution in [3.05, 3.63) is 35.4 Å². The third-order valence-electron chi connectivity index (χ3n) is 2.17. The second kappa shape index (κ2) is 3.87. The van der Waals surface area contributed by atoms with Gasteiger partial charge < -0.3 is 15.3 Å².